The summed E-state index contributed by atoms with van der Waals surface area (Å²) in [7, 11) is 0. The lowest BCUT2D eigenvalue weighted by Crippen LogP contribution is -2.29. The molecule has 0 aliphatic carbocycles. The minimum atomic E-state index is -0.845. The van der Waals surface area contributed by atoms with Gasteiger partial charge < -0.3 is 15.7 Å². The number of aryl methyl sites for hydroxylation is 2. The number of aliphatic carboxylic acids is 1. The van der Waals surface area contributed by atoms with Gasteiger partial charge in [0.2, 0.25) is 0 Å². The molecule has 0 aromatic carbocycles. The van der Waals surface area contributed by atoms with Crippen LogP contribution in [-0.2, 0) is 24.2 Å². The second-order valence-corrected chi connectivity index (χ2v) is 5.45. The van der Waals surface area contributed by atoms with E-state index in [1.165, 1.54) is 0 Å². The number of carboxylic acid groups (broad SMARTS) is 1. The lowest BCUT2D eigenvalue weighted by molar-refractivity contribution is -0.136. The predicted octanol–water partition coefficient (Wildman–Crippen LogP) is 0.576. The number of aromatic nitrogens is 2. The van der Waals surface area contributed by atoms with E-state index in [1.807, 2.05) is 6.92 Å². The summed E-state index contributed by atoms with van der Waals surface area (Å²) in [6.07, 6.45) is 2.95. The standard InChI is InChI=1S/C15H24N4O3/c1-2-19-14-11(12(18-19)6-7-13(20)21)5-3-8-16-9-4-10-17-15(14)22/h16H,2-10H2,1H3,(H,17,22)(H,20,21). The smallest absolute Gasteiger partial charge is 0.303 e. The van der Waals surface area contributed by atoms with Crippen LogP contribution in [0.2, 0.25) is 0 Å². The lowest BCUT2D eigenvalue weighted by Gasteiger charge is -2.08. The maximum atomic E-state index is 12.5. The molecule has 1 amide bonds. The number of nitrogens with one attached hydrogen (secondary N) is 2. The molecule has 0 bridgehead atoms. The van der Waals surface area contributed by atoms with Crippen LogP contribution in [0, 0.1) is 0 Å². The lowest BCUT2D eigenvalue weighted by atomic mass is 10.0. The molecular weight excluding hydrogens is 284 g/mol. The number of hydrogen-bond donors (Lipinski definition) is 3. The van der Waals surface area contributed by atoms with Crippen LogP contribution in [0.5, 0.6) is 0 Å². The van der Waals surface area contributed by atoms with Gasteiger partial charge in [0, 0.05) is 25.1 Å². The summed E-state index contributed by atoms with van der Waals surface area (Å²) in [4.78, 5) is 23.3. The normalized spacial score (nSPS) is 16.5. The van der Waals surface area contributed by atoms with Crippen molar-refractivity contribution in [3.63, 3.8) is 0 Å². The number of nitrogens with zero attached hydrogens (tertiary/aromatic N) is 2. The fraction of sp³-hybridized carbons (Fsp3) is 0.667. The Bertz CT molecular complexity index is 539. The largest absolute Gasteiger partial charge is 0.481 e. The molecule has 7 heteroatoms. The molecule has 22 heavy (non-hydrogen) atoms. The fourth-order valence-corrected chi connectivity index (χ4v) is 2.73. The van der Waals surface area contributed by atoms with E-state index in [4.69, 9.17) is 5.11 Å². The molecule has 1 aliphatic heterocycles. The average molecular weight is 308 g/mol. The Labute approximate surface area is 130 Å². The van der Waals surface area contributed by atoms with Gasteiger partial charge in [-0.05, 0) is 39.3 Å². The third kappa shape index (κ3) is 4.07. The number of carbonyl (C=O) groups is 2. The molecule has 0 spiro atoms. The molecule has 7 nitrogen and oxygen atoms in total. The van der Waals surface area contributed by atoms with Crippen LogP contribution in [0.3, 0.4) is 0 Å². The van der Waals surface area contributed by atoms with Crippen molar-refractivity contribution in [3.05, 3.63) is 17.0 Å². The molecule has 0 saturated carbocycles. The number of fused-ring (bicyclic) bond motifs is 1. The fourth-order valence-electron chi connectivity index (χ4n) is 2.73. The predicted molar refractivity (Wildman–Crippen MR) is 82.0 cm³/mol. The molecule has 0 saturated heterocycles. The summed E-state index contributed by atoms with van der Waals surface area (Å²) in [5.74, 6) is -0.949. The summed E-state index contributed by atoms with van der Waals surface area (Å²) in [5, 5.41) is 19.6. The van der Waals surface area contributed by atoms with Crippen LogP contribution >= 0.6 is 0 Å². The SMILES string of the molecule is CCn1nc(CCC(=O)O)c2c1C(=O)NCCCNCCC2. The highest BCUT2D eigenvalue weighted by atomic mass is 16.4. The Morgan fingerprint density at radius 1 is 1.32 bits per heavy atom. The zero-order valence-corrected chi connectivity index (χ0v) is 13.0. The van der Waals surface area contributed by atoms with Crippen LogP contribution in [-0.4, -0.2) is 46.4 Å². The maximum absolute atomic E-state index is 12.5. The quantitative estimate of drug-likeness (QED) is 0.756. The molecule has 1 aromatic heterocycles. The van der Waals surface area contributed by atoms with Gasteiger partial charge in [0.05, 0.1) is 12.1 Å². The Kier molecular flexibility index (Phi) is 5.94. The maximum Gasteiger partial charge on any atom is 0.303 e. The monoisotopic (exact) mass is 308 g/mol. The van der Waals surface area contributed by atoms with Crippen molar-refractivity contribution in [2.24, 2.45) is 0 Å². The summed E-state index contributed by atoms with van der Waals surface area (Å²) in [6.45, 7) is 4.95. The molecule has 2 rings (SSSR count). The Morgan fingerprint density at radius 3 is 2.82 bits per heavy atom. The van der Waals surface area contributed by atoms with Crippen LogP contribution in [0.1, 0.15) is 47.9 Å². The van der Waals surface area contributed by atoms with E-state index in [-0.39, 0.29) is 12.3 Å². The molecule has 1 aliphatic rings. The van der Waals surface area contributed by atoms with Gasteiger partial charge in [-0.25, -0.2) is 0 Å². The zero-order chi connectivity index (χ0) is 15.9. The van der Waals surface area contributed by atoms with Crippen molar-refractivity contribution < 1.29 is 14.7 Å². The third-order valence-electron chi connectivity index (χ3n) is 3.82. The van der Waals surface area contributed by atoms with Gasteiger partial charge in [-0.1, -0.05) is 0 Å². The molecule has 2 heterocycles. The van der Waals surface area contributed by atoms with E-state index < -0.39 is 5.97 Å². The third-order valence-corrected chi connectivity index (χ3v) is 3.82. The Balaban J connectivity index is 2.32. The first kappa shape index (κ1) is 16.5. The van der Waals surface area contributed by atoms with E-state index >= 15 is 0 Å². The summed E-state index contributed by atoms with van der Waals surface area (Å²) in [5.41, 5.74) is 2.25. The Morgan fingerprint density at radius 2 is 2.09 bits per heavy atom. The number of rotatable bonds is 4. The molecule has 0 atom stereocenters. The number of amides is 1. The minimum absolute atomic E-state index is 0.0348. The first-order valence-corrected chi connectivity index (χ1v) is 7.92. The van der Waals surface area contributed by atoms with E-state index in [1.54, 1.807) is 4.68 Å². The van der Waals surface area contributed by atoms with Gasteiger partial charge in [-0.3, -0.25) is 14.3 Å². The minimum Gasteiger partial charge on any atom is -0.481 e. The van der Waals surface area contributed by atoms with Crippen molar-refractivity contribution >= 4 is 11.9 Å². The number of hydrogen-bond acceptors (Lipinski definition) is 4. The van der Waals surface area contributed by atoms with Crippen molar-refractivity contribution in [2.75, 3.05) is 19.6 Å². The molecule has 122 valence electrons. The van der Waals surface area contributed by atoms with Gasteiger partial charge in [0.25, 0.3) is 5.91 Å². The number of carbonyl (C=O) groups excluding carboxylic acids is 1. The average Bonchev–Trinajstić information content (AvgIpc) is 2.83. The summed E-state index contributed by atoms with van der Waals surface area (Å²) in [6, 6.07) is 0. The van der Waals surface area contributed by atoms with Gasteiger partial charge in [0.1, 0.15) is 5.69 Å². The first-order valence-electron chi connectivity index (χ1n) is 7.92. The molecule has 1 aromatic rings. The zero-order valence-electron chi connectivity index (χ0n) is 13.0. The van der Waals surface area contributed by atoms with Crippen LogP contribution in [0.15, 0.2) is 0 Å². The van der Waals surface area contributed by atoms with Crippen LogP contribution in [0.25, 0.3) is 0 Å². The summed E-state index contributed by atoms with van der Waals surface area (Å²) >= 11 is 0. The highest BCUT2D eigenvalue weighted by molar-refractivity contribution is 5.94. The van der Waals surface area contributed by atoms with Crippen LogP contribution in [0.4, 0.5) is 0 Å². The molecule has 0 radical (unpaired) electrons. The van der Waals surface area contributed by atoms with E-state index in [9.17, 15) is 9.59 Å². The van der Waals surface area contributed by atoms with Gasteiger partial charge in [-0.2, -0.15) is 5.10 Å². The topological polar surface area (TPSA) is 96.2 Å². The van der Waals surface area contributed by atoms with E-state index in [0.29, 0.717) is 25.2 Å². The first-order chi connectivity index (χ1) is 10.6. The van der Waals surface area contributed by atoms with Gasteiger partial charge in [0.15, 0.2) is 0 Å². The van der Waals surface area contributed by atoms with Crippen molar-refractivity contribution in [3.8, 4) is 0 Å². The van der Waals surface area contributed by atoms with Crippen molar-refractivity contribution in [1.82, 2.24) is 20.4 Å². The van der Waals surface area contributed by atoms with Crippen molar-refractivity contribution in [2.45, 2.75) is 45.6 Å². The molecule has 0 unspecified atom stereocenters. The van der Waals surface area contributed by atoms with E-state index in [0.717, 1.165) is 43.6 Å². The second-order valence-electron chi connectivity index (χ2n) is 5.45. The number of carboxylic acids is 1. The highest BCUT2D eigenvalue weighted by Crippen LogP contribution is 2.19. The second kappa shape index (κ2) is 7.93. The van der Waals surface area contributed by atoms with Crippen molar-refractivity contribution in [1.29, 1.82) is 0 Å². The Hall–Kier alpha value is -1.89. The van der Waals surface area contributed by atoms with Gasteiger partial charge >= 0.3 is 5.97 Å². The highest BCUT2D eigenvalue weighted by Gasteiger charge is 2.23. The van der Waals surface area contributed by atoms with Gasteiger partial charge in [-0.15, -0.1) is 0 Å². The molecule has 0 fully saturated rings. The molecule has 3 N–H and O–H groups in total. The van der Waals surface area contributed by atoms with Crippen LogP contribution < -0.4 is 10.6 Å². The molecular formula is C15H24N4O3. The summed E-state index contributed by atoms with van der Waals surface area (Å²) < 4.78 is 1.70. The van der Waals surface area contributed by atoms with E-state index in [2.05, 4.69) is 15.7 Å².